The van der Waals surface area contributed by atoms with Crippen LogP contribution >= 0.6 is 0 Å². The molecule has 1 atom stereocenters. The summed E-state index contributed by atoms with van der Waals surface area (Å²) in [5.41, 5.74) is 1.65. The van der Waals surface area contributed by atoms with Crippen molar-refractivity contribution >= 4 is 11.7 Å². The van der Waals surface area contributed by atoms with Gasteiger partial charge in [-0.25, -0.2) is 0 Å². The monoisotopic (exact) mass is 340 g/mol. The molecule has 1 saturated heterocycles. The van der Waals surface area contributed by atoms with Crippen LogP contribution in [0, 0.1) is 0 Å². The number of aryl methyl sites for hydroxylation is 1. The van der Waals surface area contributed by atoms with Crippen molar-refractivity contribution in [2.75, 3.05) is 25.0 Å². The van der Waals surface area contributed by atoms with E-state index in [-0.39, 0.29) is 12.0 Å². The van der Waals surface area contributed by atoms with Crippen LogP contribution in [0.25, 0.3) is 0 Å². The van der Waals surface area contributed by atoms with Crippen molar-refractivity contribution in [3.63, 3.8) is 0 Å². The van der Waals surface area contributed by atoms with Gasteiger partial charge in [-0.2, -0.15) is 0 Å². The predicted molar refractivity (Wildman–Crippen MR) is 96.6 cm³/mol. The maximum absolute atomic E-state index is 12.0. The molecule has 0 spiro atoms. The summed E-state index contributed by atoms with van der Waals surface area (Å²) in [6, 6.07) is 13.9. The van der Waals surface area contributed by atoms with E-state index in [0.29, 0.717) is 18.1 Å². The van der Waals surface area contributed by atoms with Crippen molar-refractivity contribution in [3.8, 4) is 0 Å². The van der Waals surface area contributed by atoms with Gasteiger partial charge in [-0.3, -0.25) is 4.79 Å². The van der Waals surface area contributed by atoms with E-state index in [4.69, 9.17) is 4.74 Å². The van der Waals surface area contributed by atoms with Gasteiger partial charge in [0, 0.05) is 19.7 Å². The molecule has 132 valence electrons. The Labute approximate surface area is 148 Å². The number of rotatable bonds is 8. The molecule has 1 aliphatic heterocycles. The molecule has 1 aliphatic rings. The first-order valence-electron chi connectivity index (χ1n) is 8.82. The highest BCUT2D eigenvalue weighted by molar-refractivity contribution is 5.92. The molecule has 25 heavy (non-hydrogen) atoms. The Kier molecular flexibility index (Phi) is 6.34. The lowest BCUT2D eigenvalue weighted by molar-refractivity contribution is 0.0853. The number of aromatic nitrogens is 2. The van der Waals surface area contributed by atoms with E-state index < -0.39 is 0 Å². The summed E-state index contributed by atoms with van der Waals surface area (Å²) in [7, 11) is 0. The predicted octanol–water partition coefficient (Wildman–Crippen LogP) is 2.43. The Hall–Kier alpha value is -2.47. The van der Waals surface area contributed by atoms with E-state index in [1.807, 2.05) is 6.07 Å². The zero-order valence-corrected chi connectivity index (χ0v) is 14.3. The molecule has 2 aromatic rings. The molecule has 2 heterocycles. The SMILES string of the molecule is O=C(NCC1CCCO1)c1ccc(NCCCc2ccccc2)nn1. The van der Waals surface area contributed by atoms with Crippen molar-refractivity contribution in [2.24, 2.45) is 0 Å². The number of benzene rings is 1. The number of ether oxygens (including phenoxy) is 1. The van der Waals surface area contributed by atoms with E-state index in [1.54, 1.807) is 12.1 Å². The second-order valence-electron chi connectivity index (χ2n) is 6.16. The number of hydrogen-bond acceptors (Lipinski definition) is 5. The second kappa shape index (κ2) is 9.13. The summed E-state index contributed by atoms with van der Waals surface area (Å²) >= 11 is 0. The minimum Gasteiger partial charge on any atom is -0.376 e. The summed E-state index contributed by atoms with van der Waals surface area (Å²) in [6.07, 6.45) is 4.21. The minimum atomic E-state index is -0.210. The molecule has 3 rings (SSSR count). The van der Waals surface area contributed by atoms with Gasteiger partial charge >= 0.3 is 0 Å². The quantitative estimate of drug-likeness (QED) is 0.722. The fourth-order valence-electron chi connectivity index (χ4n) is 2.80. The summed E-state index contributed by atoms with van der Waals surface area (Å²) in [5.74, 6) is 0.474. The van der Waals surface area contributed by atoms with Crippen molar-refractivity contribution in [2.45, 2.75) is 31.8 Å². The molecule has 1 amide bonds. The second-order valence-corrected chi connectivity index (χ2v) is 6.16. The maximum atomic E-state index is 12.0. The molecule has 0 saturated carbocycles. The number of nitrogens with one attached hydrogen (secondary N) is 2. The van der Waals surface area contributed by atoms with Crippen LogP contribution in [-0.4, -0.2) is 41.9 Å². The number of nitrogens with zero attached hydrogens (tertiary/aromatic N) is 2. The summed E-state index contributed by atoms with van der Waals surface area (Å²) in [5, 5.41) is 14.1. The fraction of sp³-hybridized carbons (Fsp3) is 0.421. The number of hydrogen-bond donors (Lipinski definition) is 2. The van der Waals surface area contributed by atoms with Crippen LogP contribution in [0.1, 0.15) is 35.3 Å². The third-order valence-electron chi connectivity index (χ3n) is 4.20. The minimum absolute atomic E-state index is 0.127. The van der Waals surface area contributed by atoms with Crippen LogP contribution in [0.5, 0.6) is 0 Å². The average Bonchev–Trinajstić information content (AvgIpc) is 3.18. The molecule has 0 radical (unpaired) electrons. The lowest BCUT2D eigenvalue weighted by atomic mass is 10.1. The van der Waals surface area contributed by atoms with Gasteiger partial charge in [-0.1, -0.05) is 30.3 Å². The molecule has 1 aromatic heterocycles. The van der Waals surface area contributed by atoms with Gasteiger partial charge in [0.1, 0.15) is 5.82 Å². The van der Waals surface area contributed by atoms with Crippen LogP contribution < -0.4 is 10.6 Å². The van der Waals surface area contributed by atoms with Crippen LogP contribution in [-0.2, 0) is 11.2 Å². The van der Waals surface area contributed by atoms with Gasteiger partial charge in [0.2, 0.25) is 0 Å². The van der Waals surface area contributed by atoms with Crippen LogP contribution in [0.2, 0.25) is 0 Å². The lowest BCUT2D eigenvalue weighted by Crippen LogP contribution is -2.32. The topological polar surface area (TPSA) is 76.1 Å². The van der Waals surface area contributed by atoms with E-state index in [9.17, 15) is 4.79 Å². The Balaban J connectivity index is 1.38. The highest BCUT2D eigenvalue weighted by Gasteiger charge is 2.17. The van der Waals surface area contributed by atoms with E-state index >= 15 is 0 Å². The van der Waals surface area contributed by atoms with E-state index in [2.05, 4.69) is 45.1 Å². The molecule has 1 aromatic carbocycles. The summed E-state index contributed by atoms with van der Waals surface area (Å²) in [4.78, 5) is 12.0. The smallest absolute Gasteiger partial charge is 0.271 e. The standard InChI is InChI=1S/C19H24N4O2/c24-19(21-14-16-9-5-13-25-16)17-10-11-18(23-22-17)20-12-4-8-15-6-2-1-3-7-15/h1-3,6-7,10-11,16H,4-5,8-9,12-14H2,(H,20,23)(H,21,24). The fourth-order valence-corrected chi connectivity index (χ4v) is 2.80. The van der Waals surface area contributed by atoms with Gasteiger partial charge in [0.05, 0.1) is 6.10 Å². The van der Waals surface area contributed by atoms with Gasteiger partial charge in [-0.05, 0) is 43.4 Å². The van der Waals surface area contributed by atoms with Gasteiger partial charge < -0.3 is 15.4 Å². The third kappa shape index (κ3) is 5.53. The molecule has 2 N–H and O–H groups in total. The van der Waals surface area contributed by atoms with Crippen LogP contribution in [0.3, 0.4) is 0 Å². The largest absolute Gasteiger partial charge is 0.376 e. The Morgan fingerprint density at radius 2 is 2.04 bits per heavy atom. The van der Waals surface area contributed by atoms with E-state index in [0.717, 1.165) is 38.8 Å². The van der Waals surface area contributed by atoms with Gasteiger partial charge in [0.25, 0.3) is 5.91 Å². The Bertz CT molecular complexity index is 655. The number of carbonyl (C=O) groups excluding carboxylic acids is 1. The van der Waals surface area contributed by atoms with Crippen molar-refractivity contribution in [1.29, 1.82) is 0 Å². The zero-order chi connectivity index (χ0) is 17.3. The Morgan fingerprint density at radius 1 is 1.16 bits per heavy atom. The highest BCUT2D eigenvalue weighted by Crippen LogP contribution is 2.11. The molecule has 1 fully saturated rings. The van der Waals surface area contributed by atoms with Crippen molar-refractivity contribution in [3.05, 3.63) is 53.7 Å². The molecule has 6 nitrogen and oxygen atoms in total. The lowest BCUT2D eigenvalue weighted by Gasteiger charge is -2.10. The van der Waals surface area contributed by atoms with E-state index in [1.165, 1.54) is 5.56 Å². The first-order valence-corrected chi connectivity index (χ1v) is 8.82. The number of anilines is 1. The number of amides is 1. The Morgan fingerprint density at radius 3 is 2.76 bits per heavy atom. The average molecular weight is 340 g/mol. The molecule has 6 heteroatoms. The van der Waals surface area contributed by atoms with Crippen LogP contribution in [0.15, 0.2) is 42.5 Å². The molecular formula is C19H24N4O2. The van der Waals surface area contributed by atoms with Crippen LogP contribution in [0.4, 0.5) is 5.82 Å². The molecule has 0 bridgehead atoms. The molecule has 1 unspecified atom stereocenters. The molecular weight excluding hydrogens is 316 g/mol. The van der Waals surface area contributed by atoms with Crippen molar-refractivity contribution < 1.29 is 9.53 Å². The van der Waals surface area contributed by atoms with Gasteiger partial charge in [0.15, 0.2) is 5.69 Å². The summed E-state index contributed by atoms with van der Waals surface area (Å²) in [6.45, 7) is 2.12. The highest BCUT2D eigenvalue weighted by atomic mass is 16.5. The maximum Gasteiger partial charge on any atom is 0.271 e. The summed E-state index contributed by atoms with van der Waals surface area (Å²) < 4.78 is 5.48. The third-order valence-corrected chi connectivity index (χ3v) is 4.20. The van der Waals surface area contributed by atoms with Gasteiger partial charge in [-0.15, -0.1) is 10.2 Å². The molecule has 0 aliphatic carbocycles. The zero-order valence-electron chi connectivity index (χ0n) is 14.3. The first kappa shape index (κ1) is 17.4. The first-order chi connectivity index (χ1) is 12.3. The normalized spacial score (nSPS) is 16.6. The number of carbonyl (C=O) groups is 1. The van der Waals surface area contributed by atoms with Crippen molar-refractivity contribution in [1.82, 2.24) is 15.5 Å².